The van der Waals surface area contributed by atoms with Crippen LogP contribution in [-0.4, -0.2) is 46.8 Å². The first-order chi connectivity index (χ1) is 9.24. The molecule has 0 amide bonds. The number of benzene rings is 1. The summed E-state index contributed by atoms with van der Waals surface area (Å²) in [4.78, 5) is 1.15. The molecule has 0 bridgehead atoms. The normalized spacial score (nSPS) is 11.0. The monoisotopic (exact) mass is 285 g/mol. The maximum Gasteiger partial charge on any atom is 0.132 e. The molecule has 0 atom stereocenters. The van der Waals surface area contributed by atoms with Gasteiger partial charge in [0, 0.05) is 25.7 Å². The van der Waals surface area contributed by atoms with Gasteiger partial charge in [-0.1, -0.05) is 6.07 Å². The van der Waals surface area contributed by atoms with Crippen LogP contribution >= 0.6 is 11.8 Å². The van der Waals surface area contributed by atoms with Crippen LogP contribution in [0.2, 0.25) is 0 Å². The number of hydrogen-bond acceptors (Lipinski definition) is 5. The van der Waals surface area contributed by atoms with E-state index in [9.17, 15) is 0 Å². The van der Waals surface area contributed by atoms with Crippen LogP contribution in [0.25, 0.3) is 0 Å². The van der Waals surface area contributed by atoms with Gasteiger partial charge in [0.2, 0.25) is 0 Å². The van der Waals surface area contributed by atoms with E-state index < -0.39 is 0 Å². The number of rotatable bonds is 9. The van der Waals surface area contributed by atoms with Crippen LogP contribution in [0.5, 0.6) is 5.75 Å². The molecule has 0 aromatic heterocycles. The summed E-state index contributed by atoms with van der Waals surface area (Å²) in [6.45, 7) is 2.06. The summed E-state index contributed by atoms with van der Waals surface area (Å²) in [7, 11) is 5.09. The Balaban J connectivity index is 2.60. The molecule has 0 fully saturated rings. The highest BCUT2D eigenvalue weighted by Crippen LogP contribution is 2.28. The maximum atomic E-state index is 5.31. The first-order valence-corrected chi connectivity index (χ1v) is 7.39. The number of ether oxygens (including phenoxy) is 3. The zero-order chi connectivity index (χ0) is 14.1. The summed E-state index contributed by atoms with van der Waals surface area (Å²) < 4.78 is 15.6. The van der Waals surface area contributed by atoms with Gasteiger partial charge in [0.25, 0.3) is 0 Å². The van der Waals surface area contributed by atoms with Crippen LogP contribution in [-0.2, 0) is 16.0 Å². The van der Waals surface area contributed by atoms with Gasteiger partial charge in [-0.2, -0.15) is 0 Å². The SMILES string of the molecule is COCC(COC)NCc1ccc(OC)c(SC)c1. The van der Waals surface area contributed by atoms with E-state index >= 15 is 0 Å². The van der Waals surface area contributed by atoms with Crippen LogP contribution in [0.3, 0.4) is 0 Å². The highest BCUT2D eigenvalue weighted by atomic mass is 32.2. The fourth-order valence-electron chi connectivity index (χ4n) is 1.82. The molecule has 0 saturated heterocycles. The first kappa shape index (κ1) is 16.3. The lowest BCUT2D eigenvalue weighted by Crippen LogP contribution is -2.36. The second-order valence-electron chi connectivity index (χ2n) is 4.18. The topological polar surface area (TPSA) is 39.7 Å². The van der Waals surface area contributed by atoms with E-state index in [1.165, 1.54) is 5.56 Å². The largest absolute Gasteiger partial charge is 0.496 e. The first-order valence-electron chi connectivity index (χ1n) is 6.17. The van der Waals surface area contributed by atoms with Crippen molar-refractivity contribution >= 4 is 11.8 Å². The lowest BCUT2D eigenvalue weighted by atomic mass is 10.2. The molecule has 1 N–H and O–H groups in total. The molecule has 0 radical (unpaired) electrons. The van der Waals surface area contributed by atoms with Gasteiger partial charge in [-0.3, -0.25) is 0 Å². The van der Waals surface area contributed by atoms with Gasteiger partial charge in [0.15, 0.2) is 0 Å². The molecule has 5 heteroatoms. The number of methoxy groups -OCH3 is 3. The number of nitrogens with one attached hydrogen (secondary N) is 1. The Morgan fingerprint density at radius 1 is 1.16 bits per heavy atom. The highest BCUT2D eigenvalue weighted by Gasteiger charge is 2.08. The van der Waals surface area contributed by atoms with Gasteiger partial charge in [0.1, 0.15) is 5.75 Å². The van der Waals surface area contributed by atoms with Crippen molar-refractivity contribution in [2.45, 2.75) is 17.5 Å². The average molecular weight is 285 g/mol. The molecule has 0 aliphatic carbocycles. The van der Waals surface area contributed by atoms with Crippen molar-refractivity contribution in [1.82, 2.24) is 5.32 Å². The molecule has 0 saturated carbocycles. The predicted octanol–water partition coefficient (Wildman–Crippen LogP) is 2.17. The van der Waals surface area contributed by atoms with Gasteiger partial charge in [-0.05, 0) is 24.0 Å². The number of hydrogen-bond donors (Lipinski definition) is 1. The van der Waals surface area contributed by atoms with Crippen LogP contribution in [0, 0.1) is 0 Å². The molecule has 19 heavy (non-hydrogen) atoms. The van der Waals surface area contributed by atoms with Crippen LogP contribution in [0.4, 0.5) is 0 Å². The summed E-state index contributed by atoms with van der Waals surface area (Å²) in [6, 6.07) is 6.43. The second-order valence-corrected chi connectivity index (χ2v) is 5.03. The fourth-order valence-corrected chi connectivity index (χ4v) is 2.44. The molecule has 0 unspecified atom stereocenters. The zero-order valence-electron chi connectivity index (χ0n) is 12.1. The molecule has 4 nitrogen and oxygen atoms in total. The van der Waals surface area contributed by atoms with E-state index in [-0.39, 0.29) is 6.04 Å². The Hall–Kier alpha value is -0.750. The molecule has 1 rings (SSSR count). The van der Waals surface area contributed by atoms with E-state index in [4.69, 9.17) is 14.2 Å². The van der Waals surface area contributed by atoms with E-state index in [0.717, 1.165) is 17.2 Å². The van der Waals surface area contributed by atoms with Crippen molar-refractivity contribution in [1.29, 1.82) is 0 Å². The molecule has 108 valence electrons. The van der Waals surface area contributed by atoms with Crippen molar-refractivity contribution in [2.75, 3.05) is 40.8 Å². The predicted molar refractivity (Wildman–Crippen MR) is 79.2 cm³/mol. The second kappa shape index (κ2) is 9.20. The van der Waals surface area contributed by atoms with Crippen molar-refractivity contribution in [3.8, 4) is 5.75 Å². The standard InChI is InChI=1S/C14H23NO3S/c1-16-9-12(10-17-2)15-8-11-5-6-13(18-3)14(7-11)19-4/h5-7,12,15H,8-10H2,1-4H3. The van der Waals surface area contributed by atoms with Crippen molar-refractivity contribution in [3.05, 3.63) is 23.8 Å². The molecule has 1 aromatic rings. The Morgan fingerprint density at radius 2 is 1.84 bits per heavy atom. The van der Waals surface area contributed by atoms with Crippen molar-refractivity contribution in [2.24, 2.45) is 0 Å². The van der Waals surface area contributed by atoms with Gasteiger partial charge >= 0.3 is 0 Å². The minimum absolute atomic E-state index is 0.204. The summed E-state index contributed by atoms with van der Waals surface area (Å²) in [5.41, 5.74) is 1.22. The van der Waals surface area contributed by atoms with Gasteiger partial charge in [0.05, 0.1) is 26.4 Å². The molecule has 0 spiro atoms. The Labute approximate surface area is 119 Å². The molecule has 0 heterocycles. The van der Waals surface area contributed by atoms with E-state index in [2.05, 4.69) is 17.4 Å². The van der Waals surface area contributed by atoms with Gasteiger partial charge in [-0.15, -0.1) is 11.8 Å². The summed E-state index contributed by atoms with van der Waals surface area (Å²) in [5.74, 6) is 0.918. The number of thioether (sulfide) groups is 1. The summed E-state index contributed by atoms with van der Waals surface area (Å²) >= 11 is 1.69. The minimum atomic E-state index is 0.204. The highest BCUT2D eigenvalue weighted by molar-refractivity contribution is 7.98. The van der Waals surface area contributed by atoms with E-state index in [1.54, 1.807) is 33.1 Å². The molecule has 1 aromatic carbocycles. The third kappa shape index (κ3) is 5.40. The van der Waals surface area contributed by atoms with Crippen LogP contribution in [0.15, 0.2) is 23.1 Å². The minimum Gasteiger partial charge on any atom is -0.496 e. The lowest BCUT2D eigenvalue weighted by Gasteiger charge is -2.17. The Morgan fingerprint density at radius 3 is 2.37 bits per heavy atom. The summed E-state index contributed by atoms with van der Waals surface area (Å²) in [6.07, 6.45) is 2.05. The quantitative estimate of drug-likeness (QED) is 0.704. The van der Waals surface area contributed by atoms with Crippen LogP contribution < -0.4 is 10.1 Å². The molecule has 0 aliphatic heterocycles. The third-order valence-corrected chi connectivity index (χ3v) is 3.54. The lowest BCUT2D eigenvalue weighted by molar-refractivity contribution is 0.102. The Kier molecular flexibility index (Phi) is 7.90. The fraction of sp³-hybridized carbons (Fsp3) is 0.571. The maximum absolute atomic E-state index is 5.31. The van der Waals surface area contributed by atoms with Gasteiger partial charge in [-0.25, -0.2) is 0 Å². The van der Waals surface area contributed by atoms with E-state index in [1.807, 2.05) is 12.3 Å². The molecular weight excluding hydrogens is 262 g/mol. The smallest absolute Gasteiger partial charge is 0.132 e. The molecular formula is C14H23NO3S. The van der Waals surface area contributed by atoms with Crippen molar-refractivity contribution < 1.29 is 14.2 Å². The summed E-state index contributed by atoms with van der Waals surface area (Å²) in [5, 5.41) is 3.43. The zero-order valence-corrected chi connectivity index (χ0v) is 12.9. The van der Waals surface area contributed by atoms with E-state index in [0.29, 0.717) is 13.2 Å². The molecule has 0 aliphatic rings. The van der Waals surface area contributed by atoms with Gasteiger partial charge < -0.3 is 19.5 Å². The Bertz CT molecular complexity index is 368. The third-order valence-electron chi connectivity index (χ3n) is 2.78. The van der Waals surface area contributed by atoms with Crippen molar-refractivity contribution in [3.63, 3.8) is 0 Å². The average Bonchev–Trinajstić information content (AvgIpc) is 2.44. The van der Waals surface area contributed by atoms with Crippen LogP contribution in [0.1, 0.15) is 5.56 Å².